The highest BCUT2D eigenvalue weighted by Gasteiger charge is 2.13. The van der Waals surface area contributed by atoms with Crippen LogP contribution in [-0.2, 0) is 6.54 Å². The highest BCUT2D eigenvalue weighted by atomic mass is 16.5. The topological polar surface area (TPSA) is 76.0 Å². The third-order valence-corrected chi connectivity index (χ3v) is 5.22. The zero-order valence-electron chi connectivity index (χ0n) is 16.4. The van der Waals surface area contributed by atoms with E-state index in [0.29, 0.717) is 30.3 Å². The Bertz CT molecular complexity index is 971. The van der Waals surface area contributed by atoms with Crippen molar-refractivity contribution in [1.29, 1.82) is 0 Å². The normalized spacial score (nSPS) is 14.5. The summed E-state index contributed by atoms with van der Waals surface area (Å²) in [6.07, 6.45) is 7.45. The number of nitrogens with zero attached hydrogens (tertiary/aromatic N) is 4. The van der Waals surface area contributed by atoms with Crippen molar-refractivity contribution < 1.29 is 4.74 Å². The second kappa shape index (κ2) is 8.46. The van der Waals surface area contributed by atoms with E-state index in [1.54, 1.807) is 10.8 Å². The fourth-order valence-electron chi connectivity index (χ4n) is 3.60. The number of aromatic amines is 1. The van der Waals surface area contributed by atoms with Crippen LogP contribution in [-0.4, -0.2) is 39.2 Å². The zero-order chi connectivity index (χ0) is 19.3. The second-order valence-corrected chi connectivity index (χ2v) is 7.32. The van der Waals surface area contributed by atoms with Crippen LogP contribution in [0.5, 0.6) is 6.01 Å². The first-order valence-corrected chi connectivity index (χ1v) is 10.2. The highest BCUT2D eigenvalue weighted by molar-refractivity contribution is 5.69. The first-order chi connectivity index (χ1) is 13.7. The lowest BCUT2D eigenvalue weighted by atomic mass is 10.1. The van der Waals surface area contributed by atoms with Crippen LogP contribution in [0, 0.1) is 0 Å². The fraction of sp³-hybridized carbons (Fsp3) is 0.476. The van der Waals surface area contributed by atoms with Crippen molar-refractivity contribution in [1.82, 2.24) is 19.5 Å². The molecule has 0 saturated carbocycles. The van der Waals surface area contributed by atoms with Crippen molar-refractivity contribution in [2.75, 3.05) is 24.6 Å². The number of imidazole rings is 1. The van der Waals surface area contributed by atoms with Crippen molar-refractivity contribution in [3.8, 4) is 6.01 Å². The molecule has 0 spiro atoms. The van der Waals surface area contributed by atoms with Gasteiger partial charge in [-0.25, -0.2) is 9.78 Å². The van der Waals surface area contributed by atoms with E-state index < -0.39 is 0 Å². The molecule has 1 aromatic carbocycles. The number of H-pyrrole nitrogens is 1. The number of aromatic nitrogens is 4. The lowest BCUT2D eigenvalue weighted by Gasteiger charge is -2.28. The van der Waals surface area contributed by atoms with Crippen LogP contribution in [0.15, 0.2) is 35.3 Å². The van der Waals surface area contributed by atoms with Crippen molar-refractivity contribution in [2.24, 2.45) is 0 Å². The van der Waals surface area contributed by atoms with Gasteiger partial charge in [-0.2, -0.15) is 4.98 Å². The summed E-state index contributed by atoms with van der Waals surface area (Å²) in [5.74, 6) is 0. The van der Waals surface area contributed by atoms with Gasteiger partial charge in [-0.15, -0.1) is 0 Å². The first-order valence-electron chi connectivity index (χ1n) is 10.2. The van der Waals surface area contributed by atoms with Crippen molar-refractivity contribution in [2.45, 2.75) is 45.6 Å². The number of rotatable bonds is 7. The predicted molar refractivity (Wildman–Crippen MR) is 110 cm³/mol. The zero-order valence-corrected chi connectivity index (χ0v) is 16.4. The van der Waals surface area contributed by atoms with Crippen LogP contribution in [0.2, 0.25) is 0 Å². The summed E-state index contributed by atoms with van der Waals surface area (Å²) >= 11 is 0. The summed E-state index contributed by atoms with van der Waals surface area (Å²) in [7, 11) is 0. The quantitative estimate of drug-likeness (QED) is 0.635. The minimum atomic E-state index is -0.185. The maximum Gasteiger partial charge on any atom is 0.328 e. The SMILES string of the molecule is CCCCOc1ncc2[nH]c(=O)n(Cc3ccc(N4CCCCC4)cc3)c2n1. The third kappa shape index (κ3) is 4.03. The van der Waals surface area contributed by atoms with E-state index >= 15 is 0 Å². The number of nitrogens with one attached hydrogen (secondary N) is 1. The van der Waals surface area contributed by atoms with E-state index in [4.69, 9.17) is 4.74 Å². The second-order valence-electron chi connectivity index (χ2n) is 7.32. The largest absolute Gasteiger partial charge is 0.463 e. The summed E-state index contributed by atoms with van der Waals surface area (Å²) in [6.45, 7) is 5.39. The van der Waals surface area contributed by atoms with Gasteiger partial charge in [0.1, 0.15) is 5.52 Å². The molecule has 7 heteroatoms. The van der Waals surface area contributed by atoms with Gasteiger partial charge in [-0.05, 0) is 43.4 Å². The van der Waals surface area contributed by atoms with Crippen LogP contribution in [0.4, 0.5) is 5.69 Å². The van der Waals surface area contributed by atoms with Gasteiger partial charge in [0.15, 0.2) is 5.65 Å². The minimum Gasteiger partial charge on any atom is -0.463 e. The van der Waals surface area contributed by atoms with Gasteiger partial charge in [-0.3, -0.25) is 4.57 Å². The summed E-state index contributed by atoms with van der Waals surface area (Å²) in [5, 5.41) is 0. The number of piperidine rings is 1. The van der Waals surface area contributed by atoms with Crippen LogP contribution in [0.3, 0.4) is 0 Å². The molecule has 1 saturated heterocycles. The predicted octanol–water partition coefficient (Wildman–Crippen LogP) is 3.34. The first kappa shape index (κ1) is 18.5. The van der Waals surface area contributed by atoms with E-state index in [-0.39, 0.29) is 5.69 Å². The Balaban J connectivity index is 1.54. The summed E-state index contributed by atoms with van der Waals surface area (Å²) in [6, 6.07) is 8.79. The summed E-state index contributed by atoms with van der Waals surface area (Å²) < 4.78 is 7.23. The molecule has 3 heterocycles. The Labute approximate surface area is 164 Å². The molecular formula is C21H27N5O2. The van der Waals surface area contributed by atoms with E-state index in [1.807, 2.05) is 0 Å². The van der Waals surface area contributed by atoms with E-state index in [9.17, 15) is 4.79 Å². The Morgan fingerprint density at radius 3 is 2.68 bits per heavy atom. The van der Waals surface area contributed by atoms with Crippen LogP contribution in [0.25, 0.3) is 11.2 Å². The van der Waals surface area contributed by atoms with Gasteiger partial charge in [0, 0.05) is 18.8 Å². The van der Waals surface area contributed by atoms with Gasteiger partial charge in [0.05, 0.1) is 19.3 Å². The average molecular weight is 381 g/mol. The molecule has 1 fully saturated rings. The van der Waals surface area contributed by atoms with Crippen LogP contribution >= 0.6 is 0 Å². The number of hydrogen-bond donors (Lipinski definition) is 1. The number of anilines is 1. The smallest absolute Gasteiger partial charge is 0.328 e. The Hall–Kier alpha value is -2.83. The van der Waals surface area contributed by atoms with Crippen molar-refractivity contribution in [3.63, 3.8) is 0 Å². The minimum absolute atomic E-state index is 0.185. The van der Waals surface area contributed by atoms with Crippen molar-refractivity contribution >= 4 is 16.9 Å². The molecule has 148 valence electrons. The third-order valence-electron chi connectivity index (χ3n) is 5.22. The van der Waals surface area contributed by atoms with Crippen molar-refractivity contribution in [3.05, 3.63) is 46.5 Å². The molecule has 0 amide bonds. The summed E-state index contributed by atoms with van der Waals surface area (Å²) in [5.41, 5.74) is 3.33. The number of unbranched alkanes of at least 4 members (excludes halogenated alkanes) is 1. The Kier molecular flexibility index (Phi) is 5.60. The number of ether oxygens (including phenoxy) is 1. The van der Waals surface area contributed by atoms with Crippen LogP contribution in [0.1, 0.15) is 44.6 Å². The molecule has 0 bridgehead atoms. The maximum absolute atomic E-state index is 12.4. The molecule has 0 radical (unpaired) electrons. The standard InChI is InChI=1S/C21H27N5O2/c1-2-3-13-28-20-22-14-18-19(24-20)26(21(27)23-18)15-16-7-9-17(10-8-16)25-11-5-4-6-12-25/h7-10,14H,2-6,11-13,15H2,1H3,(H,23,27). The van der Waals surface area contributed by atoms with Gasteiger partial charge in [-0.1, -0.05) is 25.5 Å². The molecular weight excluding hydrogens is 354 g/mol. The van der Waals surface area contributed by atoms with Gasteiger partial charge in [0.25, 0.3) is 0 Å². The van der Waals surface area contributed by atoms with E-state index in [2.05, 4.69) is 51.0 Å². The monoisotopic (exact) mass is 381 g/mol. The molecule has 1 aliphatic rings. The maximum atomic E-state index is 12.4. The molecule has 7 nitrogen and oxygen atoms in total. The molecule has 1 aliphatic heterocycles. The number of fused-ring (bicyclic) bond motifs is 1. The van der Waals surface area contributed by atoms with Gasteiger partial charge in [0.2, 0.25) is 0 Å². The lowest BCUT2D eigenvalue weighted by Crippen LogP contribution is -2.29. The molecule has 1 N–H and O–H groups in total. The molecule has 28 heavy (non-hydrogen) atoms. The molecule has 2 aromatic heterocycles. The molecule has 0 unspecified atom stereocenters. The molecule has 0 atom stereocenters. The number of hydrogen-bond acceptors (Lipinski definition) is 5. The van der Waals surface area contributed by atoms with E-state index in [0.717, 1.165) is 31.5 Å². The number of benzene rings is 1. The molecule has 4 rings (SSSR count). The Morgan fingerprint density at radius 1 is 1.14 bits per heavy atom. The lowest BCUT2D eigenvalue weighted by molar-refractivity contribution is 0.286. The average Bonchev–Trinajstić information content (AvgIpc) is 3.04. The molecule has 0 aliphatic carbocycles. The fourth-order valence-corrected chi connectivity index (χ4v) is 3.60. The highest BCUT2D eigenvalue weighted by Crippen LogP contribution is 2.21. The Morgan fingerprint density at radius 2 is 1.93 bits per heavy atom. The van der Waals surface area contributed by atoms with Crippen LogP contribution < -0.4 is 15.3 Å². The molecule has 3 aromatic rings. The van der Waals surface area contributed by atoms with E-state index in [1.165, 1.54) is 24.9 Å². The van der Waals surface area contributed by atoms with Gasteiger partial charge < -0.3 is 14.6 Å². The summed E-state index contributed by atoms with van der Waals surface area (Å²) in [4.78, 5) is 26.3. The van der Waals surface area contributed by atoms with Gasteiger partial charge >= 0.3 is 11.7 Å².